The van der Waals surface area contributed by atoms with Crippen molar-refractivity contribution in [2.45, 2.75) is 39.3 Å². The van der Waals surface area contributed by atoms with Crippen LogP contribution in [-0.2, 0) is 6.61 Å². The molecule has 1 aliphatic carbocycles. The maximum Gasteiger partial charge on any atom is 0.255 e. The van der Waals surface area contributed by atoms with E-state index in [1.807, 2.05) is 13.8 Å². The van der Waals surface area contributed by atoms with Crippen LogP contribution in [0.5, 0.6) is 11.5 Å². The van der Waals surface area contributed by atoms with Gasteiger partial charge in [-0.2, -0.15) is 5.26 Å². The highest BCUT2D eigenvalue weighted by molar-refractivity contribution is 5.95. The van der Waals surface area contributed by atoms with E-state index in [9.17, 15) is 4.79 Å². The Labute approximate surface area is 152 Å². The van der Waals surface area contributed by atoms with Crippen LogP contribution in [0.1, 0.15) is 40.2 Å². The molecule has 0 unspecified atom stereocenters. The monoisotopic (exact) mass is 355 g/mol. The molecule has 0 radical (unpaired) electrons. The van der Waals surface area contributed by atoms with E-state index in [0.717, 1.165) is 24.1 Å². The van der Waals surface area contributed by atoms with Gasteiger partial charge in [-0.25, -0.2) is 0 Å². The number of aromatic nitrogens is 1. The third-order valence-corrected chi connectivity index (χ3v) is 4.45. The van der Waals surface area contributed by atoms with Gasteiger partial charge in [0.1, 0.15) is 18.9 Å². The first kappa shape index (κ1) is 17.8. The normalized spacial score (nSPS) is 13.2. The Balaban J connectivity index is 1.77. The molecule has 3 rings (SSSR count). The minimum atomic E-state index is -0.162. The summed E-state index contributed by atoms with van der Waals surface area (Å²) in [4.78, 5) is 14.3. The SMILES string of the molecule is COc1cc(C(=O)N(CC#N)C2CC2)ccc1OCc1c(C)noc1C. The van der Waals surface area contributed by atoms with Gasteiger partial charge in [-0.05, 0) is 44.9 Å². The largest absolute Gasteiger partial charge is 0.493 e. The number of hydrogen-bond acceptors (Lipinski definition) is 6. The number of hydrogen-bond donors (Lipinski definition) is 0. The van der Waals surface area contributed by atoms with E-state index >= 15 is 0 Å². The maximum atomic E-state index is 12.7. The summed E-state index contributed by atoms with van der Waals surface area (Å²) in [6.07, 6.45) is 1.90. The summed E-state index contributed by atoms with van der Waals surface area (Å²) in [5.74, 6) is 1.55. The van der Waals surface area contributed by atoms with Crippen molar-refractivity contribution >= 4 is 5.91 Å². The summed E-state index contributed by atoms with van der Waals surface area (Å²) in [5.41, 5.74) is 2.15. The van der Waals surface area contributed by atoms with Crippen molar-refractivity contribution < 1.29 is 18.8 Å². The van der Waals surface area contributed by atoms with Gasteiger partial charge in [-0.3, -0.25) is 4.79 Å². The zero-order valence-corrected chi connectivity index (χ0v) is 15.1. The third kappa shape index (κ3) is 3.64. The summed E-state index contributed by atoms with van der Waals surface area (Å²) in [7, 11) is 1.53. The van der Waals surface area contributed by atoms with Crippen molar-refractivity contribution in [3.8, 4) is 17.6 Å². The second-order valence-electron chi connectivity index (χ2n) is 6.28. The molecular weight excluding hydrogens is 334 g/mol. The molecule has 0 N–H and O–H groups in total. The van der Waals surface area contributed by atoms with Crippen molar-refractivity contribution in [2.75, 3.05) is 13.7 Å². The molecule has 1 aliphatic rings. The lowest BCUT2D eigenvalue weighted by Gasteiger charge is -2.20. The average Bonchev–Trinajstić information content (AvgIpc) is 3.44. The predicted octanol–water partition coefficient (Wildman–Crippen LogP) is 3.01. The molecule has 0 atom stereocenters. The molecule has 0 saturated heterocycles. The minimum absolute atomic E-state index is 0.0934. The van der Waals surface area contributed by atoms with Crippen LogP contribution in [0, 0.1) is 25.2 Å². The molecule has 1 aromatic heterocycles. The highest BCUT2D eigenvalue weighted by Crippen LogP contribution is 2.32. The zero-order chi connectivity index (χ0) is 18.7. The van der Waals surface area contributed by atoms with Gasteiger partial charge >= 0.3 is 0 Å². The molecule has 0 spiro atoms. The van der Waals surface area contributed by atoms with Crippen molar-refractivity contribution in [3.05, 3.63) is 40.8 Å². The lowest BCUT2D eigenvalue weighted by molar-refractivity contribution is 0.0764. The van der Waals surface area contributed by atoms with E-state index in [1.165, 1.54) is 7.11 Å². The first-order chi connectivity index (χ1) is 12.5. The summed E-state index contributed by atoms with van der Waals surface area (Å²) in [5, 5.41) is 12.9. The van der Waals surface area contributed by atoms with Crippen LogP contribution in [0.15, 0.2) is 22.7 Å². The molecule has 7 heteroatoms. The summed E-state index contributed by atoms with van der Waals surface area (Å²) < 4.78 is 16.3. The Kier molecular flexibility index (Phi) is 5.12. The molecule has 0 bridgehead atoms. The van der Waals surface area contributed by atoms with E-state index in [0.29, 0.717) is 29.4 Å². The van der Waals surface area contributed by atoms with Crippen LogP contribution in [0.3, 0.4) is 0 Å². The highest BCUT2D eigenvalue weighted by atomic mass is 16.5. The number of nitrogens with zero attached hydrogens (tertiary/aromatic N) is 3. The molecule has 1 saturated carbocycles. The average molecular weight is 355 g/mol. The Bertz CT molecular complexity index is 829. The molecule has 1 fully saturated rings. The number of aryl methyl sites for hydroxylation is 2. The number of carbonyl (C=O) groups excluding carboxylic acids is 1. The second kappa shape index (κ2) is 7.48. The Morgan fingerprint density at radius 3 is 2.73 bits per heavy atom. The molecule has 2 aromatic rings. The first-order valence-electron chi connectivity index (χ1n) is 8.45. The van der Waals surface area contributed by atoms with Gasteiger partial charge in [0, 0.05) is 11.6 Å². The van der Waals surface area contributed by atoms with Crippen molar-refractivity contribution in [1.29, 1.82) is 5.26 Å². The predicted molar refractivity (Wildman–Crippen MR) is 93.0 cm³/mol. The van der Waals surface area contributed by atoms with Crippen LogP contribution in [0.4, 0.5) is 0 Å². The van der Waals surface area contributed by atoms with Crippen LogP contribution < -0.4 is 9.47 Å². The van der Waals surface area contributed by atoms with Gasteiger partial charge in [-0.1, -0.05) is 5.16 Å². The molecule has 7 nitrogen and oxygen atoms in total. The fourth-order valence-electron chi connectivity index (χ4n) is 2.77. The van der Waals surface area contributed by atoms with Gasteiger partial charge in [0.05, 0.1) is 24.4 Å². The molecular formula is C19H21N3O4. The lowest BCUT2D eigenvalue weighted by atomic mass is 10.1. The molecule has 1 aromatic carbocycles. The van der Waals surface area contributed by atoms with Gasteiger partial charge in [0.15, 0.2) is 11.5 Å². The summed E-state index contributed by atoms with van der Waals surface area (Å²) >= 11 is 0. The van der Waals surface area contributed by atoms with Crippen molar-refractivity contribution in [1.82, 2.24) is 10.1 Å². The minimum Gasteiger partial charge on any atom is -0.493 e. The number of rotatable bonds is 7. The molecule has 136 valence electrons. The van der Waals surface area contributed by atoms with Gasteiger partial charge < -0.3 is 18.9 Å². The van der Waals surface area contributed by atoms with Gasteiger partial charge in [-0.15, -0.1) is 0 Å². The topological polar surface area (TPSA) is 88.6 Å². The number of ether oxygens (including phenoxy) is 2. The molecule has 1 amide bonds. The number of benzene rings is 1. The van der Waals surface area contributed by atoms with Crippen LogP contribution in [0.25, 0.3) is 0 Å². The lowest BCUT2D eigenvalue weighted by Crippen LogP contribution is -2.33. The Hall–Kier alpha value is -3.01. The standard InChI is InChI=1S/C19H21N3O4/c1-12-16(13(2)26-21-12)11-25-17-7-4-14(10-18(17)24-3)19(23)22(9-8-20)15-5-6-15/h4,7,10,15H,5-6,9,11H2,1-3H3. The number of carbonyl (C=O) groups is 1. The quantitative estimate of drug-likeness (QED) is 0.709. The first-order valence-corrected chi connectivity index (χ1v) is 8.45. The molecule has 26 heavy (non-hydrogen) atoms. The fourth-order valence-corrected chi connectivity index (χ4v) is 2.77. The maximum absolute atomic E-state index is 12.7. The van der Waals surface area contributed by atoms with E-state index < -0.39 is 0 Å². The molecule has 0 aliphatic heterocycles. The second-order valence-corrected chi connectivity index (χ2v) is 6.28. The summed E-state index contributed by atoms with van der Waals surface area (Å²) in [6.45, 7) is 4.08. The Morgan fingerprint density at radius 1 is 1.38 bits per heavy atom. The third-order valence-electron chi connectivity index (χ3n) is 4.45. The van der Waals surface area contributed by atoms with E-state index in [-0.39, 0.29) is 18.5 Å². The smallest absolute Gasteiger partial charge is 0.255 e. The highest BCUT2D eigenvalue weighted by Gasteiger charge is 2.33. The summed E-state index contributed by atoms with van der Waals surface area (Å²) in [6, 6.07) is 7.29. The van der Waals surface area contributed by atoms with Gasteiger partial charge in [0.2, 0.25) is 0 Å². The number of nitriles is 1. The van der Waals surface area contributed by atoms with E-state index in [4.69, 9.17) is 19.3 Å². The van der Waals surface area contributed by atoms with E-state index in [2.05, 4.69) is 11.2 Å². The van der Waals surface area contributed by atoms with Crippen LogP contribution in [-0.4, -0.2) is 35.7 Å². The van der Waals surface area contributed by atoms with Crippen molar-refractivity contribution in [2.24, 2.45) is 0 Å². The van der Waals surface area contributed by atoms with E-state index in [1.54, 1.807) is 23.1 Å². The molecule has 1 heterocycles. The van der Waals surface area contributed by atoms with Crippen molar-refractivity contribution in [3.63, 3.8) is 0 Å². The zero-order valence-electron chi connectivity index (χ0n) is 15.1. The fraction of sp³-hybridized carbons (Fsp3) is 0.421. The Morgan fingerprint density at radius 2 is 2.15 bits per heavy atom. The number of methoxy groups -OCH3 is 1. The van der Waals surface area contributed by atoms with Gasteiger partial charge in [0.25, 0.3) is 5.91 Å². The van der Waals surface area contributed by atoms with Crippen LogP contribution >= 0.6 is 0 Å². The number of amides is 1. The van der Waals surface area contributed by atoms with Crippen LogP contribution in [0.2, 0.25) is 0 Å².